The molecule has 0 bridgehead atoms. The third kappa shape index (κ3) is 1.69. The van der Waals surface area contributed by atoms with Gasteiger partial charge in [0.2, 0.25) is 0 Å². The highest BCUT2D eigenvalue weighted by Gasteiger charge is 2.13. The molecule has 0 unspecified atom stereocenters. The summed E-state index contributed by atoms with van der Waals surface area (Å²) < 4.78 is 47.0. The van der Waals surface area contributed by atoms with Crippen LogP contribution in [0.15, 0.2) is 12.3 Å². The molecular weight excluding hydrogens is 164 g/mol. The summed E-state index contributed by atoms with van der Waals surface area (Å²) in [6, 6.07) is 0.858. The molecule has 11 heavy (non-hydrogen) atoms. The molecule has 0 aliphatic carbocycles. The van der Waals surface area contributed by atoms with Crippen LogP contribution in [0.2, 0.25) is 0 Å². The van der Waals surface area contributed by atoms with Crippen molar-refractivity contribution in [2.75, 3.05) is 0 Å². The van der Waals surface area contributed by atoms with Crippen molar-refractivity contribution in [1.29, 1.82) is 0 Å². The molecule has 0 saturated heterocycles. The molecule has 6 heteroatoms. The predicted molar refractivity (Wildman–Crippen MR) is 28.4 cm³/mol. The molecule has 0 spiro atoms. The van der Waals surface area contributed by atoms with Gasteiger partial charge in [-0.3, -0.25) is 0 Å². The van der Waals surface area contributed by atoms with Crippen LogP contribution in [-0.2, 0) is 0 Å². The van der Waals surface area contributed by atoms with Gasteiger partial charge in [-0.15, -0.1) is 0 Å². The van der Waals surface area contributed by atoms with E-state index < -0.39 is 18.7 Å². The summed E-state index contributed by atoms with van der Waals surface area (Å²) in [6.45, 7) is -2.86. The summed E-state index contributed by atoms with van der Waals surface area (Å²) in [5.74, 6) is 0. The Hall–Kier alpha value is -1.07. The van der Waals surface area contributed by atoms with Gasteiger partial charge in [0.05, 0.1) is 0 Å². The summed E-state index contributed by atoms with van der Waals surface area (Å²) in [7, 11) is 0. The standard InChI is InChI=1S/C5H4F4N2/c6-4(7)3-1-2-11(10-3)5(8)9/h1-2,4-5H. The summed E-state index contributed by atoms with van der Waals surface area (Å²) in [5, 5.41) is 2.93. The Labute approximate surface area is 59.4 Å². The fourth-order valence-electron chi connectivity index (χ4n) is 0.578. The molecule has 0 aliphatic rings. The maximum Gasteiger partial charge on any atom is 0.333 e. The highest BCUT2D eigenvalue weighted by Crippen LogP contribution is 2.17. The van der Waals surface area contributed by atoms with Gasteiger partial charge in [-0.2, -0.15) is 13.9 Å². The second-order valence-corrected chi connectivity index (χ2v) is 1.80. The van der Waals surface area contributed by atoms with Gasteiger partial charge in [-0.05, 0) is 6.07 Å². The molecule has 0 amide bonds. The van der Waals surface area contributed by atoms with Gasteiger partial charge in [0.15, 0.2) is 0 Å². The van der Waals surface area contributed by atoms with Gasteiger partial charge in [-0.25, -0.2) is 13.5 Å². The van der Waals surface area contributed by atoms with Gasteiger partial charge in [0, 0.05) is 6.20 Å². The summed E-state index contributed by atoms with van der Waals surface area (Å²) in [5.41, 5.74) is -0.634. The fourth-order valence-corrected chi connectivity index (χ4v) is 0.578. The van der Waals surface area contributed by atoms with E-state index in [2.05, 4.69) is 5.10 Å². The largest absolute Gasteiger partial charge is 0.333 e. The van der Waals surface area contributed by atoms with Crippen LogP contribution in [-0.4, -0.2) is 9.78 Å². The van der Waals surface area contributed by atoms with Crippen molar-refractivity contribution in [3.05, 3.63) is 18.0 Å². The summed E-state index contributed by atoms with van der Waals surface area (Å²) in [6.07, 6.45) is -1.98. The molecule has 0 fully saturated rings. The Bertz CT molecular complexity index is 210. The zero-order valence-corrected chi connectivity index (χ0v) is 5.22. The van der Waals surface area contributed by atoms with Gasteiger partial charge in [0.25, 0.3) is 6.43 Å². The van der Waals surface area contributed by atoms with E-state index >= 15 is 0 Å². The number of aromatic nitrogens is 2. The molecular formula is C5H4F4N2. The van der Waals surface area contributed by atoms with E-state index in [1.54, 1.807) is 0 Å². The van der Waals surface area contributed by atoms with Crippen LogP contribution in [0.25, 0.3) is 0 Å². The van der Waals surface area contributed by atoms with Crippen LogP contribution in [0.1, 0.15) is 18.7 Å². The first-order valence-electron chi connectivity index (χ1n) is 2.72. The maximum absolute atomic E-state index is 11.7. The molecule has 1 heterocycles. The van der Waals surface area contributed by atoms with E-state index in [9.17, 15) is 17.6 Å². The fraction of sp³-hybridized carbons (Fsp3) is 0.400. The molecule has 0 atom stereocenters. The predicted octanol–water partition coefficient (Wildman–Crippen LogP) is 2.22. The lowest BCUT2D eigenvalue weighted by molar-refractivity contribution is 0.0537. The number of nitrogens with zero attached hydrogens (tertiary/aromatic N) is 2. The Morgan fingerprint density at radius 3 is 2.18 bits per heavy atom. The van der Waals surface area contributed by atoms with Crippen molar-refractivity contribution in [1.82, 2.24) is 9.78 Å². The van der Waals surface area contributed by atoms with Crippen molar-refractivity contribution in [2.45, 2.75) is 13.0 Å². The average Bonchev–Trinajstić information content (AvgIpc) is 2.33. The van der Waals surface area contributed by atoms with Crippen molar-refractivity contribution in [2.24, 2.45) is 0 Å². The van der Waals surface area contributed by atoms with Crippen LogP contribution >= 0.6 is 0 Å². The van der Waals surface area contributed by atoms with Crippen LogP contribution < -0.4 is 0 Å². The minimum Gasteiger partial charge on any atom is -0.211 e. The van der Waals surface area contributed by atoms with Crippen molar-refractivity contribution >= 4 is 0 Å². The zero-order valence-electron chi connectivity index (χ0n) is 5.22. The molecule has 0 aromatic carbocycles. The summed E-state index contributed by atoms with van der Waals surface area (Å²) in [4.78, 5) is 0. The van der Waals surface area contributed by atoms with E-state index in [1.807, 2.05) is 0 Å². The lowest BCUT2D eigenvalue weighted by Gasteiger charge is -1.96. The average molecular weight is 168 g/mol. The highest BCUT2D eigenvalue weighted by atomic mass is 19.3. The minimum absolute atomic E-state index is 0.182. The molecule has 0 N–H and O–H groups in total. The second kappa shape index (κ2) is 2.89. The molecule has 0 aliphatic heterocycles. The van der Waals surface area contributed by atoms with Crippen LogP contribution in [0.5, 0.6) is 0 Å². The number of alkyl halides is 4. The third-order valence-electron chi connectivity index (χ3n) is 1.05. The topological polar surface area (TPSA) is 17.8 Å². The SMILES string of the molecule is FC(F)c1ccn(C(F)F)n1. The van der Waals surface area contributed by atoms with Gasteiger partial charge in [-0.1, -0.05) is 0 Å². The lowest BCUT2D eigenvalue weighted by Crippen LogP contribution is -1.99. The smallest absolute Gasteiger partial charge is 0.211 e. The number of hydrogen-bond acceptors (Lipinski definition) is 1. The lowest BCUT2D eigenvalue weighted by atomic mass is 10.5. The quantitative estimate of drug-likeness (QED) is 0.619. The molecule has 1 aromatic rings. The van der Waals surface area contributed by atoms with Crippen molar-refractivity contribution in [3.63, 3.8) is 0 Å². The Balaban J connectivity index is 2.82. The first-order valence-corrected chi connectivity index (χ1v) is 2.72. The molecule has 62 valence electrons. The Morgan fingerprint density at radius 1 is 1.27 bits per heavy atom. The summed E-state index contributed by atoms with van der Waals surface area (Å²) >= 11 is 0. The Kier molecular flexibility index (Phi) is 2.11. The molecule has 0 radical (unpaired) electrons. The van der Waals surface area contributed by atoms with Crippen molar-refractivity contribution in [3.8, 4) is 0 Å². The second-order valence-electron chi connectivity index (χ2n) is 1.80. The molecule has 1 aromatic heterocycles. The van der Waals surface area contributed by atoms with Gasteiger partial charge >= 0.3 is 6.55 Å². The van der Waals surface area contributed by atoms with Crippen LogP contribution in [0, 0.1) is 0 Å². The number of halogens is 4. The molecule has 0 saturated carbocycles. The van der Waals surface area contributed by atoms with Crippen LogP contribution in [0.3, 0.4) is 0 Å². The molecule has 2 nitrogen and oxygen atoms in total. The zero-order chi connectivity index (χ0) is 8.43. The van der Waals surface area contributed by atoms with E-state index in [0.717, 1.165) is 12.3 Å². The first kappa shape index (κ1) is 8.03. The van der Waals surface area contributed by atoms with Gasteiger partial charge in [0.1, 0.15) is 5.69 Å². The van der Waals surface area contributed by atoms with E-state index in [-0.39, 0.29) is 4.68 Å². The highest BCUT2D eigenvalue weighted by molar-refractivity contribution is 4.99. The van der Waals surface area contributed by atoms with Crippen LogP contribution in [0.4, 0.5) is 17.6 Å². The number of hydrogen-bond donors (Lipinski definition) is 0. The minimum atomic E-state index is -2.86. The van der Waals surface area contributed by atoms with E-state index in [1.165, 1.54) is 0 Å². The molecule has 1 rings (SSSR count). The van der Waals surface area contributed by atoms with E-state index in [0.29, 0.717) is 0 Å². The maximum atomic E-state index is 11.7. The monoisotopic (exact) mass is 168 g/mol. The third-order valence-corrected chi connectivity index (χ3v) is 1.05. The van der Waals surface area contributed by atoms with E-state index in [4.69, 9.17) is 0 Å². The Morgan fingerprint density at radius 2 is 1.91 bits per heavy atom. The normalized spacial score (nSPS) is 11.5. The van der Waals surface area contributed by atoms with Crippen molar-refractivity contribution < 1.29 is 17.6 Å². The first-order chi connectivity index (χ1) is 5.11. The number of rotatable bonds is 2. The van der Waals surface area contributed by atoms with Gasteiger partial charge < -0.3 is 0 Å².